The SMILES string of the molecule is Cc1nc(CN2CC[C@@H]3[C@@H]2CC(=O)N3c2ccsc2)cs1. The molecule has 0 N–H and O–H groups in total. The molecule has 0 aromatic carbocycles. The Bertz CT molecular complexity index is 652. The van der Waals surface area contributed by atoms with E-state index in [2.05, 4.69) is 26.7 Å². The second-order valence-electron chi connectivity index (χ2n) is 5.70. The highest BCUT2D eigenvalue weighted by atomic mass is 32.1. The number of nitrogens with zero attached hydrogens (tertiary/aromatic N) is 3. The number of amides is 1. The van der Waals surface area contributed by atoms with Crippen molar-refractivity contribution in [1.82, 2.24) is 9.88 Å². The molecule has 110 valence electrons. The fourth-order valence-corrected chi connectivity index (χ4v) is 4.78. The van der Waals surface area contributed by atoms with Gasteiger partial charge in [0.25, 0.3) is 0 Å². The average molecular weight is 319 g/mol. The van der Waals surface area contributed by atoms with Gasteiger partial charge in [-0.2, -0.15) is 11.3 Å². The maximum atomic E-state index is 12.4. The molecule has 0 unspecified atom stereocenters. The zero-order valence-corrected chi connectivity index (χ0v) is 13.5. The van der Waals surface area contributed by atoms with Gasteiger partial charge >= 0.3 is 0 Å². The van der Waals surface area contributed by atoms with Gasteiger partial charge < -0.3 is 4.90 Å². The number of hydrogen-bond donors (Lipinski definition) is 0. The molecule has 0 saturated carbocycles. The molecule has 0 radical (unpaired) electrons. The summed E-state index contributed by atoms with van der Waals surface area (Å²) in [6.07, 6.45) is 1.71. The van der Waals surface area contributed by atoms with Crippen molar-refractivity contribution < 1.29 is 4.79 Å². The smallest absolute Gasteiger partial charge is 0.228 e. The molecular weight excluding hydrogens is 302 g/mol. The van der Waals surface area contributed by atoms with Gasteiger partial charge in [0.15, 0.2) is 0 Å². The molecule has 1 amide bonds. The monoisotopic (exact) mass is 319 g/mol. The summed E-state index contributed by atoms with van der Waals surface area (Å²) in [5, 5.41) is 7.37. The minimum atomic E-state index is 0.266. The number of thiazole rings is 1. The van der Waals surface area contributed by atoms with Crippen molar-refractivity contribution in [3.05, 3.63) is 32.9 Å². The molecule has 0 bridgehead atoms. The quantitative estimate of drug-likeness (QED) is 0.873. The van der Waals surface area contributed by atoms with Crippen LogP contribution in [0, 0.1) is 6.92 Å². The number of hydrogen-bond acceptors (Lipinski definition) is 5. The summed E-state index contributed by atoms with van der Waals surface area (Å²) in [7, 11) is 0. The van der Waals surface area contributed by atoms with Gasteiger partial charge in [0.2, 0.25) is 5.91 Å². The maximum Gasteiger partial charge on any atom is 0.228 e. The molecule has 4 rings (SSSR count). The third kappa shape index (κ3) is 2.31. The van der Waals surface area contributed by atoms with Crippen LogP contribution < -0.4 is 4.90 Å². The first-order chi connectivity index (χ1) is 10.2. The highest BCUT2D eigenvalue weighted by Gasteiger charge is 2.47. The molecule has 2 aromatic heterocycles. The molecule has 2 aliphatic rings. The zero-order chi connectivity index (χ0) is 14.4. The number of anilines is 1. The fraction of sp³-hybridized carbons (Fsp3) is 0.467. The molecule has 4 nitrogen and oxygen atoms in total. The topological polar surface area (TPSA) is 36.4 Å². The number of aromatic nitrogens is 1. The van der Waals surface area contributed by atoms with Crippen LogP contribution in [0.3, 0.4) is 0 Å². The Balaban J connectivity index is 1.53. The van der Waals surface area contributed by atoms with Gasteiger partial charge in [0, 0.05) is 36.3 Å². The molecular formula is C15H17N3OS2. The average Bonchev–Trinajstić information content (AvgIpc) is 3.18. The predicted molar refractivity (Wildman–Crippen MR) is 85.9 cm³/mol. The molecule has 2 fully saturated rings. The highest BCUT2D eigenvalue weighted by molar-refractivity contribution is 7.09. The summed E-state index contributed by atoms with van der Waals surface area (Å²) >= 11 is 3.35. The van der Waals surface area contributed by atoms with Crippen molar-refractivity contribution in [2.75, 3.05) is 11.4 Å². The van der Waals surface area contributed by atoms with E-state index in [0.29, 0.717) is 18.5 Å². The normalized spacial score (nSPS) is 25.8. The second kappa shape index (κ2) is 5.19. The van der Waals surface area contributed by atoms with Gasteiger partial charge in [-0.3, -0.25) is 9.69 Å². The van der Waals surface area contributed by atoms with E-state index >= 15 is 0 Å². The van der Waals surface area contributed by atoms with Gasteiger partial charge in [-0.05, 0) is 24.8 Å². The molecule has 2 aliphatic heterocycles. The van der Waals surface area contributed by atoms with Crippen LogP contribution in [0.2, 0.25) is 0 Å². The number of carbonyl (C=O) groups excluding carboxylic acids is 1. The lowest BCUT2D eigenvalue weighted by Crippen LogP contribution is -2.37. The molecule has 2 atom stereocenters. The van der Waals surface area contributed by atoms with Crippen molar-refractivity contribution in [2.45, 2.75) is 38.4 Å². The van der Waals surface area contributed by atoms with Crippen molar-refractivity contribution in [1.29, 1.82) is 0 Å². The standard InChI is InChI=1S/C15H17N3OS2/c1-10-16-11(8-21-10)7-17-4-2-13-14(17)6-15(19)18(13)12-3-5-20-9-12/h3,5,8-9,13-14H,2,4,6-7H2,1H3/t13-,14+/m1/s1. The lowest BCUT2D eigenvalue weighted by Gasteiger charge is -2.24. The van der Waals surface area contributed by atoms with Gasteiger partial charge in [0.05, 0.1) is 22.4 Å². The van der Waals surface area contributed by atoms with Crippen molar-refractivity contribution in [2.24, 2.45) is 0 Å². The van der Waals surface area contributed by atoms with Gasteiger partial charge in [-0.1, -0.05) is 0 Å². The molecule has 6 heteroatoms. The van der Waals surface area contributed by atoms with Gasteiger partial charge in [-0.15, -0.1) is 11.3 Å². The Morgan fingerprint density at radius 3 is 3.00 bits per heavy atom. The van der Waals surface area contributed by atoms with Crippen LogP contribution in [0.1, 0.15) is 23.5 Å². The summed E-state index contributed by atoms with van der Waals surface area (Å²) in [4.78, 5) is 21.4. The fourth-order valence-electron chi connectivity index (χ4n) is 3.54. The Hall–Kier alpha value is -1.24. The van der Waals surface area contributed by atoms with E-state index in [0.717, 1.165) is 35.9 Å². The van der Waals surface area contributed by atoms with Crippen molar-refractivity contribution in [3.63, 3.8) is 0 Å². The lowest BCUT2D eigenvalue weighted by atomic mass is 10.1. The zero-order valence-electron chi connectivity index (χ0n) is 11.9. The first-order valence-corrected chi connectivity index (χ1v) is 9.04. The summed E-state index contributed by atoms with van der Waals surface area (Å²) in [5.41, 5.74) is 2.21. The largest absolute Gasteiger partial charge is 0.307 e. The van der Waals surface area contributed by atoms with E-state index in [1.54, 1.807) is 22.7 Å². The van der Waals surface area contributed by atoms with Gasteiger partial charge in [-0.25, -0.2) is 4.98 Å². The van der Waals surface area contributed by atoms with Crippen LogP contribution in [0.15, 0.2) is 22.2 Å². The molecule has 21 heavy (non-hydrogen) atoms. The Morgan fingerprint density at radius 2 is 2.29 bits per heavy atom. The first-order valence-electron chi connectivity index (χ1n) is 7.21. The van der Waals surface area contributed by atoms with E-state index < -0.39 is 0 Å². The Morgan fingerprint density at radius 1 is 1.38 bits per heavy atom. The summed E-state index contributed by atoms with van der Waals surface area (Å²) < 4.78 is 0. The van der Waals surface area contributed by atoms with E-state index in [1.165, 1.54) is 0 Å². The summed E-state index contributed by atoms with van der Waals surface area (Å²) in [5.74, 6) is 0.266. The Kier molecular flexibility index (Phi) is 3.32. The van der Waals surface area contributed by atoms with Crippen molar-refractivity contribution in [3.8, 4) is 0 Å². The van der Waals surface area contributed by atoms with E-state index in [1.807, 2.05) is 17.2 Å². The van der Waals surface area contributed by atoms with Crippen LogP contribution in [0.25, 0.3) is 0 Å². The van der Waals surface area contributed by atoms with E-state index in [4.69, 9.17) is 0 Å². The van der Waals surface area contributed by atoms with Crippen LogP contribution in [0.4, 0.5) is 5.69 Å². The second-order valence-corrected chi connectivity index (χ2v) is 7.54. The molecule has 4 heterocycles. The number of carbonyl (C=O) groups is 1. The minimum Gasteiger partial charge on any atom is -0.307 e. The van der Waals surface area contributed by atoms with Gasteiger partial charge in [0.1, 0.15) is 0 Å². The summed E-state index contributed by atoms with van der Waals surface area (Å²) in [6, 6.07) is 2.74. The predicted octanol–water partition coefficient (Wildman–Crippen LogP) is 2.89. The van der Waals surface area contributed by atoms with E-state index in [-0.39, 0.29) is 5.91 Å². The number of likely N-dealkylation sites (tertiary alicyclic amines) is 1. The van der Waals surface area contributed by atoms with E-state index in [9.17, 15) is 4.79 Å². The van der Waals surface area contributed by atoms with Crippen molar-refractivity contribution >= 4 is 34.3 Å². The van der Waals surface area contributed by atoms with Crippen LogP contribution in [0.5, 0.6) is 0 Å². The molecule has 0 spiro atoms. The number of fused-ring (bicyclic) bond motifs is 1. The van der Waals surface area contributed by atoms with Crippen LogP contribution in [-0.2, 0) is 11.3 Å². The minimum absolute atomic E-state index is 0.266. The molecule has 0 aliphatic carbocycles. The van der Waals surface area contributed by atoms with Crippen LogP contribution in [-0.4, -0.2) is 34.4 Å². The Labute approximate surface area is 132 Å². The third-order valence-electron chi connectivity index (χ3n) is 4.43. The lowest BCUT2D eigenvalue weighted by molar-refractivity contribution is -0.117. The first kappa shape index (κ1) is 13.4. The molecule has 2 aromatic rings. The number of rotatable bonds is 3. The maximum absolute atomic E-state index is 12.4. The number of aryl methyl sites for hydroxylation is 1. The number of thiophene rings is 1. The summed E-state index contributed by atoms with van der Waals surface area (Å²) in [6.45, 7) is 3.97. The highest BCUT2D eigenvalue weighted by Crippen LogP contribution is 2.37. The van der Waals surface area contributed by atoms with Crippen LogP contribution >= 0.6 is 22.7 Å². The third-order valence-corrected chi connectivity index (χ3v) is 5.92. The molecule has 2 saturated heterocycles.